The summed E-state index contributed by atoms with van der Waals surface area (Å²) in [4.78, 5) is 0. The Balaban J connectivity index is 3.37. The van der Waals surface area contributed by atoms with Crippen molar-refractivity contribution < 1.29 is 16.9 Å². The summed E-state index contributed by atoms with van der Waals surface area (Å²) in [6.07, 6.45) is 1.28. The molecule has 1 aromatic rings. The largest absolute Gasteiger partial charge is 0.511 e. The summed E-state index contributed by atoms with van der Waals surface area (Å²) in [7, 11) is -4.12. The van der Waals surface area contributed by atoms with E-state index in [0.29, 0.717) is 5.69 Å². The summed E-state index contributed by atoms with van der Waals surface area (Å²) >= 11 is 0. The summed E-state index contributed by atoms with van der Waals surface area (Å²) in [6.45, 7) is 1.59. The lowest BCUT2D eigenvalue weighted by Crippen LogP contribution is -2.44. The van der Waals surface area contributed by atoms with Crippen molar-refractivity contribution in [3.63, 3.8) is 0 Å². The van der Waals surface area contributed by atoms with Crippen LogP contribution in [0.15, 0.2) is 24.4 Å². The number of pyridine rings is 1. The van der Waals surface area contributed by atoms with Gasteiger partial charge in [0.1, 0.15) is 0 Å². The maximum Gasteiger partial charge on any atom is 0.511 e. The second kappa shape index (κ2) is 2.60. The number of aromatic nitrogens is 1. The minimum absolute atomic E-state index is 0.468. The maximum atomic E-state index is 10.6. The van der Waals surface area contributed by atoms with E-state index in [1.807, 2.05) is 0 Å². The van der Waals surface area contributed by atoms with Gasteiger partial charge in [0.15, 0.2) is 11.9 Å². The topological polar surface area (TPSA) is 58.2 Å². The molecule has 0 fully saturated rings. The molecule has 0 unspecified atom stereocenters. The molecule has 0 bridgehead atoms. The fourth-order valence-corrected chi connectivity index (χ4v) is 1.42. The Hall–Kier alpha value is -0.940. The maximum absolute atomic E-state index is 10.6. The minimum atomic E-state index is -4.12. The summed E-state index contributed by atoms with van der Waals surface area (Å²) in [5.41, 5.74) is 0.468. The monoisotopic (exact) mass is 174 g/mol. The highest BCUT2D eigenvalue weighted by molar-refractivity contribution is 7.79. The molecule has 1 rings (SSSR count). The zero-order chi connectivity index (χ0) is 8.48. The molecule has 0 atom stereocenters. The normalized spacial score (nSPS) is 11.5. The molecule has 0 aromatic carbocycles. The molecule has 0 saturated heterocycles. The zero-order valence-electron chi connectivity index (χ0n) is 5.93. The van der Waals surface area contributed by atoms with Gasteiger partial charge in [-0.25, -0.2) is 4.55 Å². The first-order valence-electron chi connectivity index (χ1n) is 2.97. The predicted molar refractivity (Wildman–Crippen MR) is 38.3 cm³/mol. The molecular formula is C6H8NO3S+. The van der Waals surface area contributed by atoms with Gasteiger partial charge in [-0.3, -0.25) is 0 Å². The SMILES string of the molecule is Cc1cccc[n+]1S(=O)(=O)O. The van der Waals surface area contributed by atoms with E-state index in [1.54, 1.807) is 19.1 Å². The smallest absolute Gasteiger partial charge is 0.233 e. The van der Waals surface area contributed by atoms with E-state index in [2.05, 4.69) is 0 Å². The van der Waals surface area contributed by atoms with Crippen LogP contribution in [0.4, 0.5) is 0 Å². The van der Waals surface area contributed by atoms with Crippen LogP contribution in [0, 0.1) is 6.92 Å². The molecule has 0 radical (unpaired) electrons. The highest BCUT2D eigenvalue weighted by Gasteiger charge is 2.19. The summed E-state index contributed by atoms with van der Waals surface area (Å²) in [5, 5.41) is 0. The van der Waals surface area contributed by atoms with Crippen molar-refractivity contribution in [1.29, 1.82) is 0 Å². The first-order chi connectivity index (χ1) is 5.02. The van der Waals surface area contributed by atoms with Crippen LogP contribution < -0.4 is 3.97 Å². The summed E-state index contributed by atoms with van der Waals surface area (Å²) < 4.78 is 30.5. The van der Waals surface area contributed by atoms with Crippen LogP contribution in [-0.4, -0.2) is 13.0 Å². The Morgan fingerprint density at radius 3 is 2.45 bits per heavy atom. The Labute approximate surface area is 65.0 Å². The van der Waals surface area contributed by atoms with Crippen LogP contribution in [0.1, 0.15) is 5.69 Å². The molecule has 5 heteroatoms. The average Bonchev–Trinajstić information content (AvgIpc) is 1.86. The Kier molecular flexibility index (Phi) is 1.92. The zero-order valence-corrected chi connectivity index (χ0v) is 6.75. The van der Waals surface area contributed by atoms with Crippen LogP contribution in [-0.2, 0) is 10.3 Å². The molecule has 0 spiro atoms. The van der Waals surface area contributed by atoms with Gasteiger partial charge in [0.05, 0.1) is 0 Å². The van der Waals surface area contributed by atoms with Crippen LogP contribution in [0.5, 0.6) is 0 Å². The van der Waals surface area contributed by atoms with E-state index >= 15 is 0 Å². The van der Waals surface area contributed by atoms with Crippen molar-refractivity contribution >= 4 is 10.3 Å². The molecule has 0 amide bonds. The molecule has 0 aliphatic rings. The number of hydrogen-bond acceptors (Lipinski definition) is 2. The van der Waals surface area contributed by atoms with Crippen molar-refractivity contribution in [2.75, 3.05) is 0 Å². The molecule has 1 heterocycles. The van der Waals surface area contributed by atoms with Gasteiger partial charge in [-0.05, 0) is 0 Å². The first kappa shape index (κ1) is 8.16. The second-order valence-electron chi connectivity index (χ2n) is 2.12. The highest BCUT2D eigenvalue weighted by Crippen LogP contribution is 1.88. The molecular weight excluding hydrogens is 166 g/mol. The van der Waals surface area contributed by atoms with Gasteiger partial charge in [-0.15, -0.1) is 8.42 Å². The van der Waals surface area contributed by atoms with E-state index in [-0.39, 0.29) is 0 Å². The van der Waals surface area contributed by atoms with Gasteiger partial charge >= 0.3 is 10.3 Å². The molecule has 1 aromatic heterocycles. The first-order valence-corrected chi connectivity index (χ1v) is 4.37. The third-order valence-corrected chi connectivity index (χ3v) is 2.17. The Bertz CT molecular complexity index is 358. The fraction of sp³-hybridized carbons (Fsp3) is 0.167. The standard InChI is InChI=1S/C6H7NO3S/c1-6-4-2-3-5-7(6)11(8,9)10/h2-5H,1H3/p+1. The molecule has 60 valence electrons. The van der Waals surface area contributed by atoms with Gasteiger partial charge in [0.2, 0.25) is 0 Å². The van der Waals surface area contributed by atoms with Crippen molar-refractivity contribution in [2.45, 2.75) is 6.92 Å². The molecule has 4 nitrogen and oxygen atoms in total. The van der Waals surface area contributed by atoms with Crippen LogP contribution >= 0.6 is 0 Å². The van der Waals surface area contributed by atoms with Gasteiger partial charge in [-0.1, -0.05) is 10.0 Å². The third kappa shape index (κ3) is 1.75. The van der Waals surface area contributed by atoms with Crippen LogP contribution in [0.25, 0.3) is 0 Å². The van der Waals surface area contributed by atoms with Gasteiger partial charge in [0.25, 0.3) is 0 Å². The Morgan fingerprint density at radius 1 is 1.45 bits per heavy atom. The lowest BCUT2D eigenvalue weighted by molar-refractivity contribution is -0.526. The lowest BCUT2D eigenvalue weighted by Gasteiger charge is -1.91. The van der Waals surface area contributed by atoms with Crippen molar-refractivity contribution in [3.8, 4) is 0 Å². The summed E-state index contributed by atoms with van der Waals surface area (Å²) in [5.74, 6) is 0. The molecule has 0 saturated carbocycles. The third-order valence-electron chi connectivity index (χ3n) is 1.27. The molecule has 0 aliphatic carbocycles. The number of hydrogen-bond donors (Lipinski definition) is 1. The quantitative estimate of drug-likeness (QED) is 0.479. The van der Waals surface area contributed by atoms with E-state index in [0.717, 1.165) is 3.97 Å². The Morgan fingerprint density at radius 2 is 2.09 bits per heavy atom. The fourth-order valence-electron chi connectivity index (χ4n) is 0.773. The van der Waals surface area contributed by atoms with Crippen molar-refractivity contribution in [3.05, 3.63) is 30.1 Å². The number of rotatable bonds is 1. The molecule has 1 N–H and O–H groups in total. The second-order valence-corrected chi connectivity index (χ2v) is 3.40. The lowest BCUT2D eigenvalue weighted by atomic mass is 10.4. The highest BCUT2D eigenvalue weighted by atomic mass is 32.2. The van der Waals surface area contributed by atoms with Crippen LogP contribution in [0.2, 0.25) is 0 Å². The molecule has 0 aliphatic heterocycles. The number of aryl methyl sites for hydroxylation is 1. The van der Waals surface area contributed by atoms with E-state index in [9.17, 15) is 8.42 Å². The minimum Gasteiger partial charge on any atom is -0.233 e. The van der Waals surface area contributed by atoms with Crippen molar-refractivity contribution in [2.24, 2.45) is 0 Å². The number of nitrogens with zero attached hydrogens (tertiary/aromatic N) is 1. The molecule has 11 heavy (non-hydrogen) atoms. The summed E-state index contributed by atoms with van der Waals surface area (Å²) in [6, 6.07) is 4.81. The van der Waals surface area contributed by atoms with Crippen molar-refractivity contribution in [1.82, 2.24) is 0 Å². The van der Waals surface area contributed by atoms with E-state index in [4.69, 9.17) is 4.55 Å². The van der Waals surface area contributed by atoms with Gasteiger partial charge < -0.3 is 0 Å². The predicted octanol–water partition coefficient (Wildman–Crippen LogP) is -0.0666. The van der Waals surface area contributed by atoms with Crippen LogP contribution in [0.3, 0.4) is 0 Å². The van der Waals surface area contributed by atoms with Gasteiger partial charge in [-0.2, -0.15) is 0 Å². The van der Waals surface area contributed by atoms with E-state index in [1.165, 1.54) is 12.3 Å². The van der Waals surface area contributed by atoms with Gasteiger partial charge in [0, 0.05) is 19.1 Å². The average molecular weight is 174 g/mol. The van der Waals surface area contributed by atoms with E-state index < -0.39 is 10.3 Å².